The van der Waals surface area contributed by atoms with Crippen LogP contribution in [0.15, 0.2) is 30.3 Å². The van der Waals surface area contributed by atoms with E-state index in [4.69, 9.17) is 9.47 Å². The minimum Gasteiger partial charge on any atom is -0.445 e. The summed E-state index contributed by atoms with van der Waals surface area (Å²) in [5.41, 5.74) is 1.01. The van der Waals surface area contributed by atoms with Gasteiger partial charge in [-0.3, -0.25) is 0 Å². The van der Waals surface area contributed by atoms with Crippen molar-refractivity contribution in [1.29, 1.82) is 0 Å². The number of piperidine rings is 1. The Morgan fingerprint density at radius 2 is 2.25 bits per heavy atom. The van der Waals surface area contributed by atoms with Gasteiger partial charge in [0.1, 0.15) is 6.61 Å². The molecule has 3 rings (SSSR count). The molecule has 5 heteroatoms. The van der Waals surface area contributed by atoms with Gasteiger partial charge >= 0.3 is 6.09 Å². The van der Waals surface area contributed by atoms with Gasteiger partial charge in [-0.05, 0) is 18.5 Å². The predicted molar refractivity (Wildman–Crippen MR) is 74.3 cm³/mol. The van der Waals surface area contributed by atoms with E-state index < -0.39 is 0 Å². The SMILES string of the molecule is O=C(OCc1ccccc1)N1CCO[C@H]2CNCC[C@@H]21. The second-order valence-electron chi connectivity index (χ2n) is 5.20. The highest BCUT2D eigenvalue weighted by molar-refractivity contribution is 5.68. The number of rotatable bonds is 2. The molecule has 2 aliphatic heterocycles. The van der Waals surface area contributed by atoms with E-state index in [9.17, 15) is 4.79 Å². The number of amides is 1. The van der Waals surface area contributed by atoms with Crippen molar-refractivity contribution in [2.75, 3.05) is 26.2 Å². The summed E-state index contributed by atoms with van der Waals surface area (Å²) in [6.45, 7) is 3.27. The van der Waals surface area contributed by atoms with Crippen molar-refractivity contribution < 1.29 is 14.3 Å². The van der Waals surface area contributed by atoms with E-state index in [1.165, 1.54) is 0 Å². The maximum atomic E-state index is 12.3. The topological polar surface area (TPSA) is 50.8 Å². The molecule has 5 nitrogen and oxygen atoms in total. The van der Waals surface area contributed by atoms with Crippen LogP contribution in [0.25, 0.3) is 0 Å². The molecule has 2 atom stereocenters. The largest absolute Gasteiger partial charge is 0.445 e. The van der Waals surface area contributed by atoms with Crippen molar-refractivity contribution in [3.05, 3.63) is 35.9 Å². The fourth-order valence-electron chi connectivity index (χ4n) is 2.84. The average Bonchev–Trinajstić information content (AvgIpc) is 2.53. The number of ether oxygens (including phenoxy) is 2. The van der Waals surface area contributed by atoms with Gasteiger partial charge in [0.15, 0.2) is 0 Å². The van der Waals surface area contributed by atoms with Gasteiger partial charge in [0.05, 0.1) is 18.8 Å². The molecule has 0 bridgehead atoms. The van der Waals surface area contributed by atoms with Crippen LogP contribution in [0.3, 0.4) is 0 Å². The summed E-state index contributed by atoms with van der Waals surface area (Å²) in [5, 5.41) is 3.30. The smallest absolute Gasteiger partial charge is 0.410 e. The van der Waals surface area contributed by atoms with Crippen LogP contribution in [0.5, 0.6) is 0 Å². The molecular formula is C15H20N2O3. The van der Waals surface area contributed by atoms with Gasteiger partial charge in [0.2, 0.25) is 0 Å². The lowest BCUT2D eigenvalue weighted by Crippen LogP contribution is -2.59. The number of carbonyl (C=O) groups is 1. The predicted octanol–water partition coefficient (Wildman–Crippen LogP) is 1.39. The molecule has 2 saturated heterocycles. The van der Waals surface area contributed by atoms with Crippen molar-refractivity contribution in [2.45, 2.75) is 25.2 Å². The Hall–Kier alpha value is -1.59. The van der Waals surface area contributed by atoms with Crippen LogP contribution in [-0.4, -0.2) is 49.4 Å². The third-order valence-electron chi connectivity index (χ3n) is 3.90. The van der Waals surface area contributed by atoms with Crippen molar-refractivity contribution in [3.63, 3.8) is 0 Å². The van der Waals surface area contributed by atoms with E-state index in [0.717, 1.165) is 25.1 Å². The average molecular weight is 276 g/mol. The molecular weight excluding hydrogens is 256 g/mol. The molecule has 2 heterocycles. The Kier molecular flexibility index (Phi) is 4.18. The number of nitrogens with one attached hydrogen (secondary N) is 1. The number of nitrogens with zero attached hydrogens (tertiary/aromatic N) is 1. The zero-order valence-corrected chi connectivity index (χ0v) is 11.5. The first kappa shape index (κ1) is 13.4. The zero-order chi connectivity index (χ0) is 13.8. The van der Waals surface area contributed by atoms with Crippen molar-refractivity contribution in [3.8, 4) is 0 Å². The number of morpholine rings is 1. The summed E-state index contributed by atoms with van der Waals surface area (Å²) in [7, 11) is 0. The number of hydrogen-bond acceptors (Lipinski definition) is 4. The van der Waals surface area contributed by atoms with Crippen LogP contribution in [0, 0.1) is 0 Å². The molecule has 0 aliphatic carbocycles. The summed E-state index contributed by atoms with van der Waals surface area (Å²) in [4.78, 5) is 14.1. The number of hydrogen-bond donors (Lipinski definition) is 1. The third-order valence-corrected chi connectivity index (χ3v) is 3.90. The summed E-state index contributed by atoms with van der Waals surface area (Å²) < 4.78 is 11.1. The fourth-order valence-corrected chi connectivity index (χ4v) is 2.84. The molecule has 0 radical (unpaired) electrons. The standard InChI is InChI=1S/C15H20N2O3/c18-15(20-11-12-4-2-1-3-5-12)17-8-9-19-14-10-16-7-6-13(14)17/h1-5,13-14,16H,6-11H2/t13-,14-/m0/s1. The quantitative estimate of drug-likeness (QED) is 0.887. The Labute approximate surface area is 118 Å². The molecule has 0 spiro atoms. The first-order valence-electron chi connectivity index (χ1n) is 7.14. The maximum absolute atomic E-state index is 12.3. The number of carbonyl (C=O) groups excluding carboxylic acids is 1. The third kappa shape index (κ3) is 2.94. The monoisotopic (exact) mass is 276 g/mol. The van der Waals surface area contributed by atoms with E-state index in [-0.39, 0.29) is 18.2 Å². The molecule has 20 heavy (non-hydrogen) atoms. The molecule has 0 unspecified atom stereocenters. The Morgan fingerprint density at radius 3 is 3.10 bits per heavy atom. The molecule has 2 fully saturated rings. The molecule has 0 saturated carbocycles. The van der Waals surface area contributed by atoms with E-state index in [2.05, 4.69) is 5.32 Å². The van der Waals surface area contributed by atoms with E-state index in [0.29, 0.717) is 19.8 Å². The van der Waals surface area contributed by atoms with Crippen LogP contribution >= 0.6 is 0 Å². The van der Waals surface area contributed by atoms with Crippen molar-refractivity contribution in [1.82, 2.24) is 10.2 Å². The second kappa shape index (κ2) is 6.24. The van der Waals surface area contributed by atoms with Crippen molar-refractivity contribution in [2.24, 2.45) is 0 Å². The Morgan fingerprint density at radius 1 is 1.40 bits per heavy atom. The van der Waals surface area contributed by atoms with Gasteiger partial charge in [-0.25, -0.2) is 4.79 Å². The molecule has 1 amide bonds. The summed E-state index contributed by atoms with van der Waals surface area (Å²) in [6.07, 6.45) is 0.793. The first-order chi connectivity index (χ1) is 9.84. The first-order valence-corrected chi connectivity index (χ1v) is 7.14. The van der Waals surface area contributed by atoms with E-state index in [1.54, 1.807) is 0 Å². The minimum atomic E-state index is -0.228. The van der Waals surface area contributed by atoms with Crippen LogP contribution in [0.1, 0.15) is 12.0 Å². The number of fused-ring (bicyclic) bond motifs is 1. The van der Waals surface area contributed by atoms with Crippen LogP contribution in [-0.2, 0) is 16.1 Å². The van der Waals surface area contributed by atoms with Gasteiger partial charge in [-0.1, -0.05) is 30.3 Å². The highest BCUT2D eigenvalue weighted by Crippen LogP contribution is 2.20. The highest BCUT2D eigenvalue weighted by atomic mass is 16.6. The Balaban J connectivity index is 1.58. The lowest BCUT2D eigenvalue weighted by molar-refractivity contribution is -0.0755. The van der Waals surface area contributed by atoms with Crippen LogP contribution in [0.2, 0.25) is 0 Å². The van der Waals surface area contributed by atoms with E-state index in [1.807, 2.05) is 35.2 Å². The molecule has 0 aromatic heterocycles. The highest BCUT2D eigenvalue weighted by Gasteiger charge is 2.37. The summed E-state index contributed by atoms with van der Waals surface area (Å²) in [6, 6.07) is 9.90. The van der Waals surface area contributed by atoms with E-state index >= 15 is 0 Å². The fraction of sp³-hybridized carbons (Fsp3) is 0.533. The maximum Gasteiger partial charge on any atom is 0.410 e. The van der Waals surface area contributed by atoms with Crippen LogP contribution < -0.4 is 5.32 Å². The molecule has 1 N–H and O–H groups in total. The molecule has 2 aliphatic rings. The zero-order valence-electron chi connectivity index (χ0n) is 11.5. The lowest BCUT2D eigenvalue weighted by atomic mass is 10.0. The van der Waals surface area contributed by atoms with Crippen molar-refractivity contribution >= 4 is 6.09 Å². The molecule has 1 aromatic rings. The second-order valence-corrected chi connectivity index (χ2v) is 5.20. The number of benzene rings is 1. The minimum absolute atomic E-state index is 0.0989. The normalized spacial score (nSPS) is 25.9. The summed E-state index contributed by atoms with van der Waals surface area (Å²) >= 11 is 0. The van der Waals surface area contributed by atoms with Gasteiger partial charge < -0.3 is 19.7 Å². The van der Waals surface area contributed by atoms with Crippen LogP contribution in [0.4, 0.5) is 4.79 Å². The molecule has 108 valence electrons. The van der Waals surface area contributed by atoms with Gasteiger partial charge in [0, 0.05) is 13.1 Å². The van der Waals surface area contributed by atoms with Gasteiger partial charge in [-0.2, -0.15) is 0 Å². The van der Waals surface area contributed by atoms with Gasteiger partial charge in [0.25, 0.3) is 0 Å². The lowest BCUT2D eigenvalue weighted by Gasteiger charge is -2.43. The Bertz CT molecular complexity index is 450. The van der Waals surface area contributed by atoms with Gasteiger partial charge in [-0.15, -0.1) is 0 Å². The summed E-state index contributed by atoms with van der Waals surface area (Å²) in [5.74, 6) is 0. The molecule has 1 aromatic carbocycles.